The molecule has 1 fully saturated rings. The Labute approximate surface area is 125 Å². The molecule has 3 unspecified atom stereocenters. The minimum Gasteiger partial charge on any atom is -0.298 e. The molecule has 0 aromatic carbocycles. The molecule has 1 aliphatic rings. The second kappa shape index (κ2) is 8.00. The molecule has 0 spiro atoms. The molecule has 0 saturated carbocycles. The summed E-state index contributed by atoms with van der Waals surface area (Å²) in [7, 11) is 0. The van der Waals surface area contributed by atoms with Gasteiger partial charge in [0.05, 0.1) is 6.07 Å². The van der Waals surface area contributed by atoms with Crippen LogP contribution in [0.25, 0.3) is 0 Å². The molecular weight excluding hydrogens is 246 g/mol. The average Bonchev–Trinajstić information content (AvgIpc) is 2.78. The van der Waals surface area contributed by atoms with Crippen molar-refractivity contribution in [2.45, 2.75) is 96.8 Å². The van der Waals surface area contributed by atoms with Crippen LogP contribution in [0.4, 0.5) is 0 Å². The minimum atomic E-state index is -0.334. The Kier molecular flexibility index (Phi) is 6.99. The van der Waals surface area contributed by atoms with Crippen molar-refractivity contribution in [1.29, 1.82) is 5.26 Å². The summed E-state index contributed by atoms with van der Waals surface area (Å²) in [6, 6.07) is 4.38. The number of nitrogens with zero attached hydrogens (tertiary/aromatic N) is 2. The van der Waals surface area contributed by atoms with Gasteiger partial charge in [0.2, 0.25) is 0 Å². The molecule has 116 valence electrons. The van der Waals surface area contributed by atoms with E-state index in [0.29, 0.717) is 6.04 Å². The van der Waals surface area contributed by atoms with Crippen molar-refractivity contribution >= 4 is 0 Å². The monoisotopic (exact) mass is 279 g/mol. The SMILES string of the molecule is CCC1CCC(C)N1CCCC(C#N)(CC)NC(C)C. The van der Waals surface area contributed by atoms with E-state index in [9.17, 15) is 5.26 Å². The summed E-state index contributed by atoms with van der Waals surface area (Å²) in [6.45, 7) is 12.1. The zero-order valence-electron chi connectivity index (χ0n) is 14.1. The van der Waals surface area contributed by atoms with E-state index in [2.05, 4.69) is 50.9 Å². The van der Waals surface area contributed by atoms with Gasteiger partial charge in [-0.25, -0.2) is 0 Å². The fourth-order valence-corrected chi connectivity index (χ4v) is 3.60. The Morgan fingerprint density at radius 1 is 1.35 bits per heavy atom. The summed E-state index contributed by atoms with van der Waals surface area (Å²) in [4.78, 5) is 2.66. The summed E-state index contributed by atoms with van der Waals surface area (Å²) in [5, 5.41) is 13.0. The lowest BCUT2D eigenvalue weighted by Gasteiger charge is -2.32. The molecule has 1 rings (SSSR count). The van der Waals surface area contributed by atoms with Crippen molar-refractivity contribution < 1.29 is 0 Å². The van der Waals surface area contributed by atoms with Crippen LogP contribution in [0.2, 0.25) is 0 Å². The van der Waals surface area contributed by atoms with Gasteiger partial charge in [-0.1, -0.05) is 13.8 Å². The first kappa shape index (κ1) is 17.5. The highest BCUT2D eigenvalue weighted by atomic mass is 15.2. The molecule has 3 atom stereocenters. The van der Waals surface area contributed by atoms with E-state index in [-0.39, 0.29) is 5.54 Å². The molecule has 0 aromatic rings. The molecule has 0 radical (unpaired) electrons. The van der Waals surface area contributed by atoms with Gasteiger partial charge in [-0.2, -0.15) is 5.26 Å². The normalized spacial score (nSPS) is 26.6. The summed E-state index contributed by atoms with van der Waals surface area (Å²) in [6.07, 6.45) is 6.89. The summed E-state index contributed by atoms with van der Waals surface area (Å²) in [5.41, 5.74) is -0.334. The molecule has 0 aromatic heterocycles. The molecule has 0 amide bonds. The second-order valence-electron chi connectivity index (χ2n) is 6.68. The zero-order chi connectivity index (χ0) is 15.2. The van der Waals surface area contributed by atoms with E-state index >= 15 is 0 Å². The third-order valence-electron chi connectivity index (χ3n) is 4.83. The van der Waals surface area contributed by atoms with Gasteiger partial charge in [0.15, 0.2) is 0 Å². The van der Waals surface area contributed by atoms with E-state index < -0.39 is 0 Å². The lowest BCUT2D eigenvalue weighted by molar-refractivity contribution is 0.186. The fourth-order valence-electron chi connectivity index (χ4n) is 3.60. The first-order valence-electron chi connectivity index (χ1n) is 8.42. The topological polar surface area (TPSA) is 39.1 Å². The molecule has 1 aliphatic heterocycles. The van der Waals surface area contributed by atoms with Crippen LogP contribution in [0.5, 0.6) is 0 Å². The lowest BCUT2D eigenvalue weighted by Crippen LogP contribution is -2.47. The van der Waals surface area contributed by atoms with E-state index in [1.54, 1.807) is 0 Å². The maximum Gasteiger partial charge on any atom is 0.106 e. The summed E-state index contributed by atoms with van der Waals surface area (Å²) < 4.78 is 0. The number of hydrogen-bond donors (Lipinski definition) is 1. The van der Waals surface area contributed by atoms with Crippen molar-refractivity contribution in [3.05, 3.63) is 0 Å². The Morgan fingerprint density at radius 2 is 2.05 bits per heavy atom. The summed E-state index contributed by atoms with van der Waals surface area (Å²) in [5.74, 6) is 0. The van der Waals surface area contributed by atoms with Crippen molar-refractivity contribution in [3.8, 4) is 6.07 Å². The van der Waals surface area contributed by atoms with E-state index in [1.807, 2.05) is 0 Å². The molecule has 1 N–H and O–H groups in total. The van der Waals surface area contributed by atoms with Gasteiger partial charge in [-0.3, -0.25) is 10.2 Å². The number of hydrogen-bond acceptors (Lipinski definition) is 3. The Bertz CT molecular complexity index is 321. The van der Waals surface area contributed by atoms with Gasteiger partial charge in [0.25, 0.3) is 0 Å². The van der Waals surface area contributed by atoms with Crippen molar-refractivity contribution in [1.82, 2.24) is 10.2 Å². The van der Waals surface area contributed by atoms with Gasteiger partial charge < -0.3 is 0 Å². The minimum absolute atomic E-state index is 0.334. The number of likely N-dealkylation sites (tertiary alicyclic amines) is 1. The molecular formula is C17H33N3. The predicted molar refractivity (Wildman–Crippen MR) is 85.6 cm³/mol. The maximum atomic E-state index is 9.54. The van der Waals surface area contributed by atoms with Crippen molar-refractivity contribution in [2.24, 2.45) is 0 Å². The van der Waals surface area contributed by atoms with E-state index in [4.69, 9.17) is 0 Å². The standard InChI is InChI=1S/C17H33N3/c1-6-16-10-9-15(5)20(16)12-8-11-17(7-2,13-18)19-14(3)4/h14-16,19H,6-12H2,1-5H3. The van der Waals surface area contributed by atoms with E-state index in [0.717, 1.165) is 37.9 Å². The molecule has 3 nitrogen and oxygen atoms in total. The third-order valence-corrected chi connectivity index (χ3v) is 4.83. The first-order valence-corrected chi connectivity index (χ1v) is 8.42. The van der Waals surface area contributed by atoms with Gasteiger partial charge in [-0.15, -0.1) is 0 Å². The largest absolute Gasteiger partial charge is 0.298 e. The highest BCUT2D eigenvalue weighted by Gasteiger charge is 2.31. The predicted octanol–water partition coefficient (Wildman–Crippen LogP) is 3.70. The molecule has 0 aliphatic carbocycles. The third kappa shape index (κ3) is 4.46. The quantitative estimate of drug-likeness (QED) is 0.736. The number of rotatable bonds is 8. The smallest absolute Gasteiger partial charge is 0.106 e. The molecule has 20 heavy (non-hydrogen) atoms. The zero-order valence-corrected chi connectivity index (χ0v) is 14.1. The van der Waals surface area contributed by atoms with Crippen LogP contribution >= 0.6 is 0 Å². The molecule has 0 bridgehead atoms. The van der Waals surface area contributed by atoms with E-state index in [1.165, 1.54) is 19.3 Å². The fraction of sp³-hybridized carbons (Fsp3) is 0.941. The highest BCUT2D eigenvalue weighted by molar-refractivity contribution is 5.07. The van der Waals surface area contributed by atoms with Gasteiger partial charge in [0.1, 0.15) is 5.54 Å². The van der Waals surface area contributed by atoms with Crippen molar-refractivity contribution in [2.75, 3.05) is 6.54 Å². The molecule has 1 heterocycles. The van der Waals surface area contributed by atoms with Gasteiger partial charge in [-0.05, 0) is 65.8 Å². The Morgan fingerprint density at radius 3 is 2.55 bits per heavy atom. The summed E-state index contributed by atoms with van der Waals surface area (Å²) >= 11 is 0. The number of nitrogens with one attached hydrogen (secondary N) is 1. The van der Waals surface area contributed by atoms with Crippen LogP contribution in [0.3, 0.4) is 0 Å². The maximum absolute atomic E-state index is 9.54. The molecule has 3 heteroatoms. The number of nitriles is 1. The van der Waals surface area contributed by atoms with Crippen LogP contribution in [-0.4, -0.2) is 35.1 Å². The van der Waals surface area contributed by atoms with Crippen LogP contribution < -0.4 is 5.32 Å². The van der Waals surface area contributed by atoms with Gasteiger partial charge >= 0.3 is 0 Å². The lowest BCUT2D eigenvalue weighted by atomic mass is 9.91. The van der Waals surface area contributed by atoms with Crippen LogP contribution in [0.15, 0.2) is 0 Å². The Balaban J connectivity index is 2.50. The highest BCUT2D eigenvalue weighted by Crippen LogP contribution is 2.27. The van der Waals surface area contributed by atoms with Crippen LogP contribution in [-0.2, 0) is 0 Å². The molecule has 1 saturated heterocycles. The van der Waals surface area contributed by atoms with Crippen LogP contribution in [0, 0.1) is 11.3 Å². The average molecular weight is 279 g/mol. The van der Waals surface area contributed by atoms with Gasteiger partial charge in [0, 0.05) is 18.1 Å². The van der Waals surface area contributed by atoms with Crippen molar-refractivity contribution in [3.63, 3.8) is 0 Å². The van der Waals surface area contributed by atoms with Crippen LogP contribution in [0.1, 0.15) is 73.1 Å². The first-order chi connectivity index (χ1) is 9.48. The Hall–Kier alpha value is -0.590. The second-order valence-corrected chi connectivity index (χ2v) is 6.68.